The van der Waals surface area contributed by atoms with Crippen LogP contribution in [0.5, 0.6) is 0 Å². The summed E-state index contributed by atoms with van der Waals surface area (Å²) in [5, 5.41) is 0. The molecule has 1 N–H and O–H groups in total. The van der Waals surface area contributed by atoms with Gasteiger partial charge < -0.3 is 0 Å². The van der Waals surface area contributed by atoms with Gasteiger partial charge in [-0.2, -0.15) is 12.7 Å². The van der Waals surface area contributed by atoms with E-state index in [2.05, 4.69) is 16.5 Å². The minimum Gasteiger partial charge on any atom is -0.297 e. The molecule has 0 aromatic carbocycles. The van der Waals surface area contributed by atoms with Gasteiger partial charge >= 0.3 is 0 Å². The zero-order valence-corrected chi connectivity index (χ0v) is 11.5. The summed E-state index contributed by atoms with van der Waals surface area (Å²) in [5.41, 5.74) is 0. The van der Waals surface area contributed by atoms with Gasteiger partial charge in [-0.1, -0.05) is 13.8 Å². The Kier molecular flexibility index (Phi) is 4.07. The Bertz CT molecular complexity index is 358. The highest BCUT2D eigenvalue weighted by Crippen LogP contribution is 2.27. The maximum Gasteiger partial charge on any atom is 0.279 e. The number of nitrogens with one attached hydrogen (secondary N) is 1. The highest BCUT2D eigenvalue weighted by Gasteiger charge is 2.40. The Hall–Kier alpha value is -0.170. The summed E-state index contributed by atoms with van der Waals surface area (Å²) in [6.45, 7) is 7.04. The van der Waals surface area contributed by atoms with Gasteiger partial charge in [0.2, 0.25) is 0 Å². The number of rotatable bonds is 4. The van der Waals surface area contributed by atoms with Crippen LogP contribution in [0.1, 0.15) is 33.1 Å². The molecule has 0 bridgehead atoms. The largest absolute Gasteiger partial charge is 0.297 e. The Morgan fingerprint density at radius 1 is 1.29 bits per heavy atom. The lowest BCUT2D eigenvalue weighted by atomic mass is 10.1. The lowest BCUT2D eigenvalue weighted by molar-refractivity contribution is 0.105. The fourth-order valence-electron chi connectivity index (χ4n) is 2.95. The normalized spacial score (nSPS) is 31.6. The number of hydrogen-bond acceptors (Lipinski definition) is 3. The van der Waals surface area contributed by atoms with E-state index in [0.29, 0.717) is 19.1 Å². The lowest BCUT2D eigenvalue weighted by Gasteiger charge is -2.42. The van der Waals surface area contributed by atoms with Crippen molar-refractivity contribution in [2.24, 2.45) is 0 Å². The zero-order chi connectivity index (χ0) is 12.5. The Morgan fingerprint density at radius 3 is 2.71 bits per heavy atom. The molecule has 0 unspecified atom stereocenters. The summed E-state index contributed by atoms with van der Waals surface area (Å²) in [7, 11) is -3.28. The minimum atomic E-state index is -3.28. The van der Waals surface area contributed by atoms with Crippen molar-refractivity contribution in [3.63, 3.8) is 0 Å². The van der Waals surface area contributed by atoms with Crippen LogP contribution >= 0.6 is 0 Å². The molecule has 2 fully saturated rings. The lowest BCUT2D eigenvalue weighted by Crippen LogP contribution is -2.59. The minimum absolute atomic E-state index is 0.133. The van der Waals surface area contributed by atoms with E-state index in [1.165, 1.54) is 6.42 Å². The highest BCUT2D eigenvalue weighted by molar-refractivity contribution is 7.87. The Morgan fingerprint density at radius 2 is 2.06 bits per heavy atom. The van der Waals surface area contributed by atoms with Crippen LogP contribution in [0.3, 0.4) is 0 Å². The molecule has 100 valence electrons. The molecule has 2 aliphatic rings. The van der Waals surface area contributed by atoms with Crippen molar-refractivity contribution in [1.29, 1.82) is 0 Å². The van der Waals surface area contributed by atoms with Gasteiger partial charge in [0.1, 0.15) is 0 Å². The van der Waals surface area contributed by atoms with Crippen LogP contribution in [0.15, 0.2) is 0 Å². The van der Waals surface area contributed by atoms with Crippen molar-refractivity contribution in [1.82, 2.24) is 13.9 Å². The van der Waals surface area contributed by atoms with Gasteiger partial charge in [0.25, 0.3) is 10.2 Å². The molecule has 2 atom stereocenters. The first-order valence-electron chi connectivity index (χ1n) is 6.59. The Balaban J connectivity index is 2.14. The van der Waals surface area contributed by atoms with E-state index in [-0.39, 0.29) is 6.04 Å². The van der Waals surface area contributed by atoms with Crippen molar-refractivity contribution < 1.29 is 8.42 Å². The Labute approximate surface area is 104 Å². The average molecular weight is 261 g/mol. The summed E-state index contributed by atoms with van der Waals surface area (Å²) < 4.78 is 28.6. The van der Waals surface area contributed by atoms with E-state index in [1.807, 2.05) is 6.92 Å². The molecule has 0 spiro atoms. The van der Waals surface area contributed by atoms with Crippen molar-refractivity contribution in [2.45, 2.75) is 45.2 Å². The third-order valence-corrected chi connectivity index (χ3v) is 5.57. The SMILES string of the molecule is CCNS(=O)(=O)N1C[C@@H]2CCCN2C[C@H]1CC. The number of fused-ring (bicyclic) bond motifs is 1. The van der Waals surface area contributed by atoms with Crippen molar-refractivity contribution in [3.8, 4) is 0 Å². The molecular formula is C11H23N3O2S. The molecule has 2 heterocycles. The average Bonchev–Trinajstić information content (AvgIpc) is 2.74. The van der Waals surface area contributed by atoms with Crippen molar-refractivity contribution in [3.05, 3.63) is 0 Å². The van der Waals surface area contributed by atoms with E-state index in [1.54, 1.807) is 4.31 Å². The molecule has 2 aliphatic heterocycles. The molecule has 2 saturated heterocycles. The van der Waals surface area contributed by atoms with Gasteiger partial charge in [-0.05, 0) is 25.8 Å². The number of nitrogens with zero attached hydrogens (tertiary/aromatic N) is 2. The van der Waals surface area contributed by atoms with Gasteiger partial charge in [-0.15, -0.1) is 0 Å². The third kappa shape index (κ3) is 2.65. The van der Waals surface area contributed by atoms with E-state index < -0.39 is 10.2 Å². The predicted molar refractivity (Wildman–Crippen MR) is 68.0 cm³/mol. The second-order valence-electron chi connectivity index (χ2n) is 4.93. The summed E-state index contributed by atoms with van der Waals surface area (Å²) in [5.74, 6) is 0. The highest BCUT2D eigenvalue weighted by atomic mass is 32.2. The summed E-state index contributed by atoms with van der Waals surface area (Å²) in [6.07, 6.45) is 3.22. The first-order chi connectivity index (χ1) is 8.08. The van der Waals surface area contributed by atoms with Crippen molar-refractivity contribution in [2.75, 3.05) is 26.2 Å². The summed E-state index contributed by atoms with van der Waals surface area (Å²) in [4.78, 5) is 2.45. The fraction of sp³-hybridized carbons (Fsp3) is 1.00. The molecule has 5 nitrogen and oxygen atoms in total. The van der Waals surface area contributed by atoms with Crippen LogP contribution in [0.25, 0.3) is 0 Å². The molecule has 17 heavy (non-hydrogen) atoms. The molecule has 0 aromatic rings. The second kappa shape index (κ2) is 5.22. The first kappa shape index (κ1) is 13.3. The van der Waals surface area contributed by atoms with E-state index in [9.17, 15) is 8.42 Å². The van der Waals surface area contributed by atoms with Gasteiger partial charge in [0.05, 0.1) is 0 Å². The summed E-state index contributed by atoms with van der Waals surface area (Å²) >= 11 is 0. The van der Waals surface area contributed by atoms with E-state index >= 15 is 0 Å². The van der Waals surface area contributed by atoms with Crippen molar-refractivity contribution >= 4 is 10.2 Å². The number of hydrogen-bond donors (Lipinski definition) is 1. The van der Waals surface area contributed by atoms with Crippen LogP contribution in [-0.2, 0) is 10.2 Å². The number of piperazine rings is 1. The molecular weight excluding hydrogens is 238 g/mol. The molecule has 0 radical (unpaired) electrons. The van der Waals surface area contributed by atoms with E-state index in [0.717, 1.165) is 25.9 Å². The van der Waals surface area contributed by atoms with Crippen LogP contribution in [0.4, 0.5) is 0 Å². The predicted octanol–water partition coefficient (Wildman–Crippen LogP) is 0.399. The van der Waals surface area contributed by atoms with Crippen LogP contribution in [0.2, 0.25) is 0 Å². The molecule has 0 aliphatic carbocycles. The standard InChI is InChI=1S/C11H23N3O2S/c1-3-10-8-13-7-5-6-11(13)9-14(10)17(15,16)12-4-2/h10-12H,3-9H2,1-2H3/t10-,11+/m1/s1. The quantitative estimate of drug-likeness (QED) is 0.797. The molecule has 6 heteroatoms. The monoisotopic (exact) mass is 261 g/mol. The molecule has 2 rings (SSSR count). The zero-order valence-electron chi connectivity index (χ0n) is 10.7. The first-order valence-corrected chi connectivity index (χ1v) is 8.03. The topological polar surface area (TPSA) is 52.7 Å². The van der Waals surface area contributed by atoms with Gasteiger partial charge in [-0.3, -0.25) is 4.90 Å². The molecule has 0 amide bonds. The molecule has 0 saturated carbocycles. The van der Waals surface area contributed by atoms with Crippen LogP contribution in [-0.4, -0.2) is 55.9 Å². The second-order valence-corrected chi connectivity index (χ2v) is 6.63. The smallest absolute Gasteiger partial charge is 0.279 e. The van der Waals surface area contributed by atoms with Gasteiger partial charge in [0, 0.05) is 31.7 Å². The third-order valence-electron chi connectivity index (χ3n) is 3.85. The molecule has 0 aromatic heterocycles. The van der Waals surface area contributed by atoms with Crippen LogP contribution in [0, 0.1) is 0 Å². The van der Waals surface area contributed by atoms with E-state index in [4.69, 9.17) is 0 Å². The van der Waals surface area contributed by atoms with Crippen LogP contribution < -0.4 is 4.72 Å². The van der Waals surface area contributed by atoms with Gasteiger partial charge in [0.15, 0.2) is 0 Å². The summed E-state index contributed by atoms with van der Waals surface area (Å²) in [6, 6.07) is 0.569. The van der Waals surface area contributed by atoms with Gasteiger partial charge in [-0.25, -0.2) is 4.72 Å². The fourth-order valence-corrected chi connectivity index (χ4v) is 4.46. The maximum absolute atomic E-state index is 12.1. The maximum atomic E-state index is 12.1.